The van der Waals surface area contributed by atoms with E-state index in [2.05, 4.69) is 29.6 Å². The summed E-state index contributed by atoms with van der Waals surface area (Å²) in [7, 11) is 0. The standard InChI is InChI=1S/C15H18OS/c1-11(2)14(16)8-5-6-12-10-17-15-9-4-3-7-13(12)15/h3-4,7,9-11H,5-6,8H2,1-2H3. The van der Waals surface area contributed by atoms with Crippen molar-refractivity contribution in [1.29, 1.82) is 0 Å². The second-order valence-corrected chi connectivity index (χ2v) is 5.64. The van der Waals surface area contributed by atoms with Crippen molar-refractivity contribution in [2.24, 2.45) is 5.92 Å². The minimum Gasteiger partial charge on any atom is -0.299 e. The first-order valence-corrected chi connectivity index (χ1v) is 7.04. The molecule has 1 aromatic carbocycles. The fraction of sp³-hybridized carbons (Fsp3) is 0.400. The Balaban J connectivity index is 1.98. The Bertz CT molecular complexity index is 510. The number of carbonyl (C=O) groups is 1. The zero-order valence-electron chi connectivity index (χ0n) is 10.4. The highest BCUT2D eigenvalue weighted by atomic mass is 32.1. The molecule has 1 heterocycles. The second-order valence-electron chi connectivity index (χ2n) is 4.73. The Kier molecular flexibility index (Phi) is 3.95. The van der Waals surface area contributed by atoms with E-state index in [9.17, 15) is 4.79 Å². The lowest BCUT2D eigenvalue weighted by molar-refractivity contribution is -0.121. The summed E-state index contributed by atoms with van der Waals surface area (Å²) in [6, 6.07) is 8.48. The highest BCUT2D eigenvalue weighted by Gasteiger charge is 2.08. The monoisotopic (exact) mass is 246 g/mol. The van der Waals surface area contributed by atoms with Crippen LogP contribution in [0.5, 0.6) is 0 Å². The van der Waals surface area contributed by atoms with Crippen LogP contribution in [0, 0.1) is 5.92 Å². The summed E-state index contributed by atoms with van der Waals surface area (Å²) in [6.45, 7) is 3.95. The number of ketones is 1. The van der Waals surface area contributed by atoms with E-state index in [1.807, 2.05) is 13.8 Å². The van der Waals surface area contributed by atoms with Crippen LogP contribution < -0.4 is 0 Å². The maximum atomic E-state index is 11.5. The zero-order chi connectivity index (χ0) is 12.3. The number of Topliss-reactive ketones (excluding diaryl/α,β-unsaturated/α-hetero) is 1. The summed E-state index contributed by atoms with van der Waals surface area (Å²) in [5, 5.41) is 3.58. The molecule has 0 aliphatic rings. The van der Waals surface area contributed by atoms with Crippen molar-refractivity contribution in [3.8, 4) is 0 Å². The Morgan fingerprint density at radius 2 is 2.06 bits per heavy atom. The van der Waals surface area contributed by atoms with E-state index in [4.69, 9.17) is 0 Å². The predicted octanol–water partition coefficient (Wildman–Crippen LogP) is 4.45. The molecule has 1 aromatic heterocycles. The molecule has 2 aromatic rings. The number of thiophene rings is 1. The van der Waals surface area contributed by atoms with Gasteiger partial charge in [-0.3, -0.25) is 4.79 Å². The van der Waals surface area contributed by atoms with Crippen molar-refractivity contribution in [3.05, 3.63) is 35.2 Å². The van der Waals surface area contributed by atoms with Crippen LogP contribution in [0.4, 0.5) is 0 Å². The lowest BCUT2D eigenvalue weighted by Crippen LogP contribution is -2.06. The first kappa shape index (κ1) is 12.3. The van der Waals surface area contributed by atoms with Gasteiger partial charge in [0.15, 0.2) is 0 Å². The van der Waals surface area contributed by atoms with E-state index in [0.29, 0.717) is 12.2 Å². The first-order valence-electron chi connectivity index (χ1n) is 6.16. The van der Waals surface area contributed by atoms with E-state index in [0.717, 1.165) is 12.8 Å². The summed E-state index contributed by atoms with van der Waals surface area (Å²) >= 11 is 1.79. The van der Waals surface area contributed by atoms with Crippen LogP contribution in [-0.2, 0) is 11.2 Å². The molecule has 0 fully saturated rings. The van der Waals surface area contributed by atoms with Crippen molar-refractivity contribution in [3.63, 3.8) is 0 Å². The van der Waals surface area contributed by atoms with Gasteiger partial charge in [0.1, 0.15) is 5.78 Å². The molecule has 2 rings (SSSR count). The van der Waals surface area contributed by atoms with Crippen molar-refractivity contribution >= 4 is 27.2 Å². The van der Waals surface area contributed by atoms with Gasteiger partial charge in [-0.2, -0.15) is 0 Å². The van der Waals surface area contributed by atoms with Crippen LogP contribution in [0.3, 0.4) is 0 Å². The third-order valence-electron chi connectivity index (χ3n) is 3.07. The molecule has 0 saturated heterocycles. The minimum absolute atomic E-state index is 0.175. The molecule has 0 aliphatic carbocycles. The normalized spacial score (nSPS) is 11.2. The summed E-state index contributed by atoms with van der Waals surface area (Å²) in [6.07, 6.45) is 2.70. The summed E-state index contributed by atoms with van der Waals surface area (Å²) in [5.41, 5.74) is 1.39. The van der Waals surface area contributed by atoms with Gasteiger partial charge in [0.2, 0.25) is 0 Å². The average molecular weight is 246 g/mol. The number of rotatable bonds is 5. The van der Waals surface area contributed by atoms with Gasteiger partial charge in [-0.15, -0.1) is 11.3 Å². The molecular formula is C15H18OS. The molecule has 0 saturated carbocycles. The molecule has 2 heteroatoms. The van der Waals surface area contributed by atoms with E-state index in [-0.39, 0.29) is 5.92 Å². The third-order valence-corrected chi connectivity index (χ3v) is 4.09. The van der Waals surface area contributed by atoms with Gasteiger partial charge in [-0.05, 0) is 35.2 Å². The molecule has 1 nitrogen and oxygen atoms in total. The molecular weight excluding hydrogens is 228 g/mol. The van der Waals surface area contributed by atoms with Crippen LogP contribution in [0.2, 0.25) is 0 Å². The van der Waals surface area contributed by atoms with E-state index < -0.39 is 0 Å². The fourth-order valence-corrected chi connectivity index (χ4v) is 2.97. The number of benzene rings is 1. The van der Waals surface area contributed by atoms with Gasteiger partial charge in [0.25, 0.3) is 0 Å². The van der Waals surface area contributed by atoms with E-state index in [1.165, 1.54) is 15.6 Å². The zero-order valence-corrected chi connectivity index (χ0v) is 11.2. The molecule has 0 spiro atoms. The molecule has 0 amide bonds. The summed E-state index contributed by atoms with van der Waals surface area (Å²) < 4.78 is 1.35. The van der Waals surface area contributed by atoms with Crippen molar-refractivity contribution < 1.29 is 4.79 Å². The highest BCUT2D eigenvalue weighted by Crippen LogP contribution is 2.26. The Hall–Kier alpha value is -1.15. The quantitative estimate of drug-likeness (QED) is 0.761. The van der Waals surface area contributed by atoms with Crippen LogP contribution in [-0.4, -0.2) is 5.78 Å². The maximum Gasteiger partial charge on any atom is 0.135 e. The Morgan fingerprint density at radius 1 is 1.29 bits per heavy atom. The topological polar surface area (TPSA) is 17.1 Å². The molecule has 0 radical (unpaired) electrons. The number of fused-ring (bicyclic) bond motifs is 1. The van der Waals surface area contributed by atoms with Gasteiger partial charge in [-0.1, -0.05) is 32.0 Å². The molecule has 0 atom stereocenters. The van der Waals surface area contributed by atoms with Gasteiger partial charge >= 0.3 is 0 Å². The van der Waals surface area contributed by atoms with Crippen LogP contribution in [0.25, 0.3) is 10.1 Å². The number of hydrogen-bond donors (Lipinski definition) is 0. The van der Waals surface area contributed by atoms with E-state index in [1.54, 1.807) is 11.3 Å². The predicted molar refractivity (Wildman–Crippen MR) is 74.6 cm³/mol. The van der Waals surface area contributed by atoms with Crippen LogP contribution >= 0.6 is 11.3 Å². The molecule has 0 bridgehead atoms. The van der Waals surface area contributed by atoms with Crippen molar-refractivity contribution in [2.45, 2.75) is 33.1 Å². The Labute approximate surface area is 106 Å². The molecule has 17 heavy (non-hydrogen) atoms. The third kappa shape index (κ3) is 2.95. The number of carbonyl (C=O) groups excluding carboxylic acids is 1. The molecule has 0 N–H and O–H groups in total. The summed E-state index contributed by atoms with van der Waals surface area (Å²) in [4.78, 5) is 11.5. The average Bonchev–Trinajstić information content (AvgIpc) is 2.72. The first-order chi connectivity index (χ1) is 8.18. The minimum atomic E-state index is 0.175. The second kappa shape index (κ2) is 5.46. The van der Waals surface area contributed by atoms with E-state index >= 15 is 0 Å². The van der Waals surface area contributed by atoms with Gasteiger partial charge in [0, 0.05) is 17.0 Å². The summed E-state index contributed by atoms with van der Waals surface area (Å²) in [5.74, 6) is 0.554. The maximum absolute atomic E-state index is 11.5. The SMILES string of the molecule is CC(C)C(=O)CCCc1csc2ccccc12. The lowest BCUT2D eigenvalue weighted by Gasteiger charge is -2.03. The van der Waals surface area contributed by atoms with Crippen LogP contribution in [0.1, 0.15) is 32.3 Å². The molecule has 0 aliphatic heterocycles. The van der Waals surface area contributed by atoms with Gasteiger partial charge in [-0.25, -0.2) is 0 Å². The smallest absolute Gasteiger partial charge is 0.135 e. The number of aryl methyl sites for hydroxylation is 1. The van der Waals surface area contributed by atoms with Crippen molar-refractivity contribution in [1.82, 2.24) is 0 Å². The molecule has 90 valence electrons. The molecule has 0 unspecified atom stereocenters. The van der Waals surface area contributed by atoms with Gasteiger partial charge in [0.05, 0.1) is 0 Å². The van der Waals surface area contributed by atoms with Gasteiger partial charge < -0.3 is 0 Å². The van der Waals surface area contributed by atoms with Crippen LogP contribution in [0.15, 0.2) is 29.6 Å². The highest BCUT2D eigenvalue weighted by molar-refractivity contribution is 7.17. The fourth-order valence-electron chi connectivity index (χ4n) is 1.97. The Morgan fingerprint density at radius 3 is 2.82 bits per heavy atom. The number of hydrogen-bond acceptors (Lipinski definition) is 2. The largest absolute Gasteiger partial charge is 0.299 e. The lowest BCUT2D eigenvalue weighted by atomic mass is 10.0. The van der Waals surface area contributed by atoms with Crippen molar-refractivity contribution in [2.75, 3.05) is 0 Å².